The van der Waals surface area contributed by atoms with E-state index in [1.165, 1.54) is 7.11 Å². The molecule has 9 heteroatoms. The summed E-state index contributed by atoms with van der Waals surface area (Å²) in [7, 11) is 1.53. The number of nitriles is 1. The summed E-state index contributed by atoms with van der Waals surface area (Å²) in [5.74, 6) is 2.10. The van der Waals surface area contributed by atoms with Gasteiger partial charge in [0.25, 0.3) is 5.91 Å². The molecule has 2 N–H and O–H groups in total. The number of aromatic nitrogens is 2. The summed E-state index contributed by atoms with van der Waals surface area (Å²) in [5, 5.41) is 29.9. The van der Waals surface area contributed by atoms with Crippen LogP contribution in [0.4, 0.5) is 5.82 Å². The molecule has 2 heterocycles. The number of aliphatic hydroxyl groups excluding tert-OH is 1. The van der Waals surface area contributed by atoms with Gasteiger partial charge in [0.05, 0.1) is 18.8 Å². The van der Waals surface area contributed by atoms with E-state index in [-0.39, 0.29) is 24.7 Å². The van der Waals surface area contributed by atoms with Crippen molar-refractivity contribution >= 4 is 11.7 Å². The van der Waals surface area contributed by atoms with Crippen molar-refractivity contribution in [3.8, 4) is 17.6 Å². The number of ether oxygens (including phenoxy) is 2. The van der Waals surface area contributed by atoms with Crippen LogP contribution >= 0.6 is 0 Å². The third kappa shape index (κ3) is 5.75. The molecule has 0 unspecified atom stereocenters. The van der Waals surface area contributed by atoms with Gasteiger partial charge >= 0.3 is 0 Å². The Hall–Kier alpha value is -3.38. The lowest BCUT2D eigenvalue weighted by atomic mass is 9.92. The van der Waals surface area contributed by atoms with Crippen LogP contribution in [0.25, 0.3) is 0 Å². The molecule has 0 atom stereocenters. The second-order valence-corrected chi connectivity index (χ2v) is 8.93. The van der Waals surface area contributed by atoms with Gasteiger partial charge < -0.3 is 24.8 Å². The number of benzene rings is 1. The quantitative estimate of drug-likeness (QED) is 0.640. The van der Waals surface area contributed by atoms with Crippen molar-refractivity contribution in [1.29, 1.82) is 5.26 Å². The molecule has 1 aliphatic carbocycles. The van der Waals surface area contributed by atoms with Gasteiger partial charge in [0.15, 0.2) is 11.5 Å². The van der Waals surface area contributed by atoms with Gasteiger partial charge in [0.2, 0.25) is 0 Å². The molecule has 1 aromatic heterocycles. The van der Waals surface area contributed by atoms with Crippen LogP contribution in [0.15, 0.2) is 30.3 Å². The average molecular weight is 466 g/mol. The Balaban J connectivity index is 1.24. The number of nitrogens with zero attached hydrogens (tertiary/aromatic N) is 4. The highest BCUT2D eigenvalue weighted by Gasteiger charge is 2.25. The summed E-state index contributed by atoms with van der Waals surface area (Å²) in [6.45, 7) is 1.91. The van der Waals surface area contributed by atoms with E-state index in [0.29, 0.717) is 28.7 Å². The zero-order chi connectivity index (χ0) is 23.9. The zero-order valence-corrected chi connectivity index (χ0v) is 19.4. The first-order chi connectivity index (χ1) is 16.6. The molecule has 1 amide bonds. The van der Waals surface area contributed by atoms with Crippen LogP contribution in [0.2, 0.25) is 0 Å². The predicted octanol–water partition coefficient (Wildman–Crippen LogP) is 2.69. The Kier molecular flexibility index (Phi) is 7.80. The molecule has 1 saturated heterocycles. The van der Waals surface area contributed by atoms with Crippen LogP contribution < -0.4 is 19.7 Å². The Morgan fingerprint density at radius 1 is 1.15 bits per heavy atom. The molecule has 1 saturated carbocycles. The van der Waals surface area contributed by atoms with Crippen LogP contribution in [-0.4, -0.2) is 60.2 Å². The molecule has 2 aromatic rings. The lowest BCUT2D eigenvalue weighted by Gasteiger charge is -2.31. The maximum absolute atomic E-state index is 12.7. The highest BCUT2D eigenvalue weighted by atomic mass is 16.5. The molecule has 34 heavy (non-hydrogen) atoms. The van der Waals surface area contributed by atoms with Crippen molar-refractivity contribution in [2.24, 2.45) is 5.92 Å². The summed E-state index contributed by atoms with van der Waals surface area (Å²) < 4.78 is 11.3. The first-order valence-electron chi connectivity index (χ1n) is 11.8. The number of rotatable bonds is 7. The minimum absolute atomic E-state index is 0.0554. The van der Waals surface area contributed by atoms with Gasteiger partial charge in [-0.15, -0.1) is 10.2 Å². The Bertz CT molecular complexity index is 1010. The fourth-order valence-electron chi connectivity index (χ4n) is 4.57. The summed E-state index contributed by atoms with van der Waals surface area (Å²) >= 11 is 0. The van der Waals surface area contributed by atoms with Crippen LogP contribution in [0.3, 0.4) is 0 Å². The monoisotopic (exact) mass is 465 g/mol. The first-order valence-corrected chi connectivity index (χ1v) is 11.8. The Labute approximate surface area is 199 Å². The van der Waals surface area contributed by atoms with E-state index in [1.807, 2.05) is 6.07 Å². The van der Waals surface area contributed by atoms with Crippen molar-refractivity contribution in [2.75, 3.05) is 31.7 Å². The van der Waals surface area contributed by atoms with Gasteiger partial charge in [0.1, 0.15) is 17.6 Å². The number of aliphatic hydroxyl groups is 1. The van der Waals surface area contributed by atoms with Gasteiger partial charge in [0, 0.05) is 31.8 Å². The summed E-state index contributed by atoms with van der Waals surface area (Å²) in [6.07, 6.45) is 5.20. The smallest absolute Gasteiger partial charge is 0.272 e. The second-order valence-electron chi connectivity index (χ2n) is 8.93. The molecule has 9 nitrogen and oxygen atoms in total. The number of hydrogen-bond donors (Lipinski definition) is 2. The molecule has 2 aliphatic rings. The van der Waals surface area contributed by atoms with Gasteiger partial charge in [-0.3, -0.25) is 4.79 Å². The van der Waals surface area contributed by atoms with E-state index < -0.39 is 0 Å². The van der Waals surface area contributed by atoms with E-state index in [9.17, 15) is 9.90 Å². The van der Waals surface area contributed by atoms with Crippen molar-refractivity contribution < 1.29 is 19.4 Å². The van der Waals surface area contributed by atoms with Gasteiger partial charge in [-0.1, -0.05) is 0 Å². The third-order valence-corrected chi connectivity index (χ3v) is 6.69. The van der Waals surface area contributed by atoms with Crippen molar-refractivity contribution in [2.45, 2.75) is 50.7 Å². The lowest BCUT2D eigenvalue weighted by molar-refractivity contribution is 0.0888. The molecule has 1 aromatic carbocycles. The van der Waals surface area contributed by atoms with Gasteiger partial charge in [-0.2, -0.15) is 5.26 Å². The van der Waals surface area contributed by atoms with Crippen LogP contribution in [0, 0.1) is 17.2 Å². The minimum atomic E-state index is -0.209. The van der Waals surface area contributed by atoms with E-state index in [0.717, 1.165) is 57.4 Å². The van der Waals surface area contributed by atoms with Crippen LogP contribution in [0.5, 0.6) is 11.5 Å². The Morgan fingerprint density at radius 2 is 1.91 bits per heavy atom. The predicted molar refractivity (Wildman–Crippen MR) is 126 cm³/mol. The van der Waals surface area contributed by atoms with E-state index in [1.54, 1.807) is 24.3 Å². The number of carbonyl (C=O) groups is 1. The topological polar surface area (TPSA) is 121 Å². The molecule has 0 radical (unpaired) electrons. The number of amides is 1. The second kappa shape index (κ2) is 11.2. The van der Waals surface area contributed by atoms with Gasteiger partial charge in [-0.25, -0.2) is 0 Å². The molecule has 4 rings (SSSR count). The van der Waals surface area contributed by atoms with Gasteiger partial charge in [-0.05, 0) is 68.7 Å². The summed E-state index contributed by atoms with van der Waals surface area (Å²) in [5.41, 5.74) is 0.792. The largest absolute Gasteiger partial charge is 0.495 e. The fraction of sp³-hybridized carbons (Fsp3) is 0.520. The van der Waals surface area contributed by atoms with Crippen LogP contribution in [0.1, 0.15) is 54.6 Å². The zero-order valence-electron chi connectivity index (χ0n) is 19.4. The normalized spacial score (nSPS) is 20.9. The first kappa shape index (κ1) is 23.8. The highest BCUT2D eigenvalue weighted by molar-refractivity contribution is 5.92. The molecular formula is C25H31N5O4. The average Bonchev–Trinajstić information content (AvgIpc) is 2.90. The maximum Gasteiger partial charge on any atom is 0.272 e. The standard InChI is InChI=1S/C25H31N5O4/c1-33-23-14-21(5-2-18(23)15-26)34-20-6-3-19(4-7-20)27-25(32)22-8-9-24(29-28-22)30-12-10-17(16-31)11-13-30/h2,5,8-9,14,17,19-20,31H,3-4,6-7,10-13,16H2,1H3,(H,27,32). The van der Waals surface area contributed by atoms with Crippen molar-refractivity contribution in [3.63, 3.8) is 0 Å². The highest BCUT2D eigenvalue weighted by Crippen LogP contribution is 2.28. The van der Waals surface area contributed by atoms with Crippen LogP contribution in [-0.2, 0) is 0 Å². The molecule has 2 fully saturated rings. The summed E-state index contributed by atoms with van der Waals surface area (Å²) in [6, 6.07) is 11.0. The maximum atomic E-state index is 12.7. The molecule has 0 spiro atoms. The number of piperidine rings is 1. The molecule has 180 valence electrons. The minimum Gasteiger partial charge on any atom is -0.495 e. The van der Waals surface area contributed by atoms with Crippen molar-refractivity contribution in [1.82, 2.24) is 15.5 Å². The third-order valence-electron chi connectivity index (χ3n) is 6.69. The fourth-order valence-corrected chi connectivity index (χ4v) is 4.57. The SMILES string of the molecule is COc1cc(OC2CCC(NC(=O)c3ccc(N4CCC(CO)CC4)nn3)CC2)ccc1C#N. The number of nitrogens with one attached hydrogen (secondary N) is 1. The number of anilines is 1. The van der Waals surface area contributed by atoms with E-state index >= 15 is 0 Å². The lowest BCUT2D eigenvalue weighted by Crippen LogP contribution is -2.40. The Morgan fingerprint density at radius 3 is 2.53 bits per heavy atom. The molecular weight excluding hydrogens is 434 g/mol. The summed E-state index contributed by atoms with van der Waals surface area (Å²) in [4.78, 5) is 14.8. The van der Waals surface area contributed by atoms with Crippen molar-refractivity contribution in [3.05, 3.63) is 41.6 Å². The van der Waals surface area contributed by atoms with E-state index in [2.05, 4.69) is 26.5 Å². The number of hydrogen-bond acceptors (Lipinski definition) is 8. The molecule has 0 bridgehead atoms. The molecule has 1 aliphatic heterocycles. The number of methoxy groups -OCH3 is 1. The van der Waals surface area contributed by atoms with E-state index in [4.69, 9.17) is 14.7 Å². The number of carbonyl (C=O) groups excluding carboxylic acids is 1.